The predicted octanol–water partition coefficient (Wildman–Crippen LogP) is 1.40. The highest BCUT2D eigenvalue weighted by atomic mass is 16.5. The number of ether oxygens (including phenoxy) is 1. The van der Waals surface area contributed by atoms with E-state index < -0.39 is 5.60 Å². The normalized spacial score (nSPS) is 35.8. The third-order valence-corrected chi connectivity index (χ3v) is 4.75. The molecule has 0 saturated carbocycles. The molecule has 19 heavy (non-hydrogen) atoms. The van der Waals surface area contributed by atoms with Crippen LogP contribution in [0.3, 0.4) is 0 Å². The number of ketones is 1. The van der Waals surface area contributed by atoms with Gasteiger partial charge in [-0.2, -0.15) is 0 Å². The summed E-state index contributed by atoms with van der Waals surface area (Å²) in [5.41, 5.74) is -0.987. The highest BCUT2D eigenvalue weighted by molar-refractivity contribution is 5.91. The SMILES string of the molecule is CC1CN(CC2C(=O)C(C)(C)OC2(C)C)CCN1C. The first-order valence-corrected chi connectivity index (χ1v) is 7.30. The number of hydrogen-bond acceptors (Lipinski definition) is 4. The van der Waals surface area contributed by atoms with E-state index in [9.17, 15) is 4.79 Å². The summed E-state index contributed by atoms with van der Waals surface area (Å²) in [5, 5.41) is 0. The summed E-state index contributed by atoms with van der Waals surface area (Å²) in [6.07, 6.45) is 0. The van der Waals surface area contributed by atoms with Crippen molar-refractivity contribution in [3.05, 3.63) is 0 Å². The molecule has 2 fully saturated rings. The molecule has 2 unspecified atom stereocenters. The molecular formula is C15H28N2O2. The van der Waals surface area contributed by atoms with Gasteiger partial charge in [0.1, 0.15) is 5.60 Å². The van der Waals surface area contributed by atoms with E-state index >= 15 is 0 Å². The van der Waals surface area contributed by atoms with Crippen molar-refractivity contribution >= 4 is 5.78 Å². The van der Waals surface area contributed by atoms with Crippen molar-refractivity contribution < 1.29 is 9.53 Å². The number of carbonyl (C=O) groups excluding carboxylic acids is 1. The first kappa shape index (κ1) is 14.9. The second-order valence-corrected chi connectivity index (χ2v) is 7.22. The molecule has 0 spiro atoms. The topological polar surface area (TPSA) is 32.8 Å². The van der Waals surface area contributed by atoms with Crippen molar-refractivity contribution in [2.45, 2.75) is 51.9 Å². The minimum absolute atomic E-state index is 0.0156. The highest BCUT2D eigenvalue weighted by Crippen LogP contribution is 2.39. The molecule has 0 aromatic heterocycles. The molecule has 0 N–H and O–H groups in total. The first-order valence-electron chi connectivity index (χ1n) is 7.30. The van der Waals surface area contributed by atoms with Crippen molar-refractivity contribution in [1.29, 1.82) is 0 Å². The standard InChI is InChI=1S/C15H28N2O2/c1-11-9-17(8-7-16(11)6)10-12-13(18)15(4,5)19-14(12,2)3/h11-12H,7-10H2,1-6H3. The Hall–Kier alpha value is -0.450. The second-order valence-electron chi connectivity index (χ2n) is 7.22. The van der Waals surface area contributed by atoms with Crippen molar-refractivity contribution in [2.24, 2.45) is 5.92 Å². The monoisotopic (exact) mass is 268 g/mol. The Kier molecular flexibility index (Phi) is 3.80. The van der Waals surface area contributed by atoms with Crippen LogP contribution < -0.4 is 0 Å². The van der Waals surface area contributed by atoms with E-state index in [1.165, 1.54) is 0 Å². The van der Waals surface area contributed by atoms with Crippen LogP contribution in [-0.4, -0.2) is 66.1 Å². The maximum Gasteiger partial charge on any atom is 0.171 e. The van der Waals surface area contributed by atoms with Gasteiger partial charge in [-0.1, -0.05) is 0 Å². The number of nitrogens with zero attached hydrogens (tertiary/aromatic N) is 2. The zero-order valence-electron chi connectivity index (χ0n) is 13.2. The van der Waals surface area contributed by atoms with Crippen LogP contribution >= 0.6 is 0 Å². The smallest absolute Gasteiger partial charge is 0.171 e. The van der Waals surface area contributed by atoms with Gasteiger partial charge in [0.2, 0.25) is 0 Å². The Balaban J connectivity index is 2.04. The Morgan fingerprint density at radius 3 is 2.37 bits per heavy atom. The van der Waals surface area contributed by atoms with Crippen LogP contribution in [-0.2, 0) is 9.53 Å². The summed E-state index contributed by atoms with van der Waals surface area (Å²) in [6, 6.07) is 0.558. The van der Waals surface area contributed by atoms with Crippen LogP contribution in [0.25, 0.3) is 0 Å². The number of rotatable bonds is 2. The van der Waals surface area contributed by atoms with Crippen LogP contribution in [0.2, 0.25) is 0 Å². The van der Waals surface area contributed by atoms with E-state index in [4.69, 9.17) is 4.74 Å². The van der Waals surface area contributed by atoms with Crippen molar-refractivity contribution in [1.82, 2.24) is 9.80 Å². The molecule has 0 bridgehead atoms. The van der Waals surface area contributed by atoms with Gasteiger partial charge in [0, 0.05) is 32.2 Å². The molecule has 0 aromatic carbocycles. The third-order valence-electron chi connectivity index (χ3n) is 4.75. The molecule has 2 atom stereocenters. The Morgan fingerprint density at radius 1 is 1.26 bits per heavy atom. The molecule has 4 nitrogen and oxygen atoms in total. The summed E-state index contributed by atoms with van der Waals surface area (Å²) >= 11 is 0. The number of likely N-dealkylation sites (N-methyl/N-ethyl adjacent to an activating group) is 1. The molecule has 2 heterocycles. The summed E-state index contributed by atoms with van der Waals surface area (Å²) in [7, 11) is 2.17. The van der Waals surface area contributed by atoms with Gasteiger partial charge in [-0.25, -0.2) is 0 Å². The minimum Gasteiger partial charge on any atom is -0.361 e. The van der Waals surface area contributed by atoms with Crippen LogP contribution in [0.15, 0.2) is 0 Å². The highest BCUT2D eigenvalue weighted by Gasteiger charge is 2.53. The lowest BCUT2D eigenvalue weighted by Crippen LogP contribution is -2.53. The fraction of sp³-hybridized carbons (Fsp3) is 0.933. The van der Waals surface area contributed by atoms with E-state index in [0.29, 0.717) is 6.04 Å². The maximum atomic E-state index is 12.5. The Morgan fingerprint density at radius 2 is 1.89 bits per heavy atom. The predicted molar refractivity (Wildman–Crippen MR) is 76.3 cm³/mol. The summed E-state index contributed by atoms with van der Waals surface area (Å²) in [5.74, 6) is 0.238. The Labute approximate surface area is 117 Å². The third kappa shape index (κ3) is 2.86. The number of hydrogen-bond donors (Lipinski definition) is 0. The number of carbonyl (C=O) groups is 1. The van der Waals surface area contributed by atoms with E-state index in [1.807, 2.05) is 27.7 Å². The fourth-order valence-electron chi connectivity index (χ4n) is 3.37. The summed E-state index contributed by atoms with van der Waals surface area (Å²) < 4.78 is 5.96. The Bertz CT molecular complexity index is 365. The second kappa shape index (κ2) is 4.83. The van der Waals surface area contributed by atoms with Crippen molar-refractivity contribution in [3.8, 4) is 0 Å². The summed E-state index contributed by atoms with van der Waals surface area (Å²) in [6.45, 7) is 14.1. The van der Waals surface area contributed by atoms with Gasteiger partial charge >= 0.3 is 0 Å². The lowest BCUT2D eigenvalue weighted by Gasteiger charge is -2.39. The fourth-order valence-corrected chi connectivity index (χ4v) is 3.37. The number of piperazine rings is 1. The first-order chi connectivity index (χ1) is 8.63. The van der Waals surface area contributed by atoms with E-state index in [2.05, 4.69) is 23.8 Å². The molecule has 2 saturated heterocycles. The van der Waals surface area contributed by atoms with Crippen molar-refractivity contribution in [2.75, 3.05) is 33.2 Å². The van der Waals surface area contributed by atoms with Gasteiger partial charge in [0.05, 0.1) is 11.5 Å². The quantitative estimate of drug-likeness (QED) is 0.758. The number of Topliss-reactive ketones (excluding diaryl/α,β-unsaturated/α-hetero) is 1. The molecule has 0 amide bonds. The molecule has 0 aliphatic carbocycles. The van der Waals surface area contributed by atoms with Crippen LogP contribution in [0.1, 0.15) is 34.6 Å². The molecule has 2 aliphatic rings. The largest absolute Gasteiger partial charge is 0.361 e. The summed E-state index contributed by atoms with van der Waals surface area (Å²) in [4.78, 5) is 17.3. The van der Waals surface area contributed by atoms with Gasteiger partial charge in [-0.3, -0.25) is 9.69 Å². The van der Waals surface area contributed by atoms with Gasteiger partial charge in [0.15, 0.2) is 5.78 Å². The van der Waals surface area contributed by atoms with Crippen LogP contribution in [0.4, 0.5) is 0 Å². The minimum atomic E-state index is -0.633. The lowest BCUT2D eigenvalue weighted by atomic mass is 9.85. The van der Waals surface area contributed by atoms with Crippen molar-refractivity contribution in [3.63, 3.8) is 0 Å². The molecular weight excluding hydrogens is 240 g/mol. The molecule has 0 aromatic rings. The van der Waals surface area contributed by atoms with E-state index in [-0.39, 0.29) is 17.3 Å². The zero-order chi connectivity index (χ0) is 14.4. The molecule has 0 radical (unpaired) electrons. The van der Waals surface area contributed by atoms with Gasteiger partial charge in [-0.15, -0.1) is 0 Å². The van der Waals surface area contributed by atoms with E-state index in [1.54, 1.807) is 0 Å². The molecule has 4 heteroatoms. The average molecular weight is 268 g/mol. The molecule has 110 valence electrons. The zero-order valence-corrected chi connectivity index (χ0v) is 13.2. The maximum absolute atomic E-state index is 12.5. The van der Waals surface area contributed by atoms with E-state index in [0.717, 1.165) is 26.2 Å². The average Bonchev–Trinajstić information content (AvgIpc) is 2.42. The molecule has 2 aliphatic heterocycles. The van der Waals surface area contributed by atoms with Gasteiger partial charge < -0.3 is 9.64 Å². The lowest BCUT2D eigenvalue weighted by molar-refractivity contribution is -0.132. The van der Waals surface area contributed by atoms with Gasteiger partial charge in [0.25, 0.3) is 0 Å². The van der Waals surface area contributed by atoms with Gasteiger partial charge in [-0.05, 0) is 41.7 Å². The van der Waals surface area contributed by atoms with Crippen LogP contribution in [0, 0.1) is 5.92 Å². The molecule has 2 rings (SSSR count). The van der Waals surface area contributed by atoms with Crippen LogP contribution in [0.5, 0.6) is 0 Å².